The summed E-state index contributed by atoms with van der Waals surface area (Å²) in [7, 11) is 0. The van der Waals surface area contributed by atoms with Crippen molar-refractivity contribution >= 4 is 18.1 Å². The summed E-state index contributed by atoms with van der Waals surface area (Å²) in [5.41, 5.74) is 3.49. The van der Waals surface area contributed by atoms with Crippen LogP contribution in [0.1, 0.15) is 73.8 Å². The Morgan fingerprint density at radius 2 is 1.70 bits per heavy atom. The fourth-order valence-electron chi connectivity index (χ4n) is 3.65. The lowest BCUT2D eigenvalue weighted by Crippen LogP contribution is -2.15. The third-order valence-electron chi connectivity index (χ3n) is 5.03. The van der Waals surface area contributed by atoms with E-state index in [9.17, 15) is 18.0 Å². The largest absolute Gasteiger partial charge is 0.466 e. The number of benzene rings is 2. The van der Waals surface area contributed by atoms with Gasteiger partial charge >= 0.3 is 12.1 Å². The molecule has 162 valence electrons. The summed E-state index contributed by atoms with van der Waals surface area (Å²) >= 11 is 0. The van der Waals surface area contributed by atoms with E-state index in [1.165, 1.54) is 23.3 Å². The average molecular weight is 418 g/mol. The molecule has 0 bridgehead atoms. The van der Waals surface area contributed by atoms with Crippen LogP contribution in [0.2, 0.25) is 0 Å². The number of carbonyl (C=O) groups excluding carboxylic acids is 1. The maximum Gasteiger partial charge on any atom is 0.416 e. The van der Waals surface area contributed by atoms with E-state index in [0.717, 1.165) is 37.0 Å². The molecule has 0 aliphatic heterocycles. The predicted octanol–water partition coefficient (Wildman–Crippen LogP) is 7.28. The third kappa shape index (κ3) is 6.48. The molecule has 2 nitrogen and oxygen atoms in total. The molecular formula is C25H29F3O2. The smallest absolute Gasteiger partial charge is 0.416 e. The van der Waals surface area contributed by atoms with E-state index in [1.54, 1.807) is 6.08 Å². The molecule has 5 heteroatoms. The van der Waals surface area contributed by atoms with Gasteiger partial charge < -0.3 is 4.74 Å². The number of hydrogen-bond donors (Lipinski definition) is 0. The zero-order valence-corrected chi connectivity index (χ0v) is 17.8. The van der Waals surface area contributed by atoms with E-state index in [2.05, 4.69) is 12.1 Å². The Bertz CT molecular complexity index is 852. The topological polar surface area (TPSA) is 26.3 Å². The van der Waals surface area contributed by atoms with E-state index in [4.69, 9.17) is 4.74 Å². The second kappa shape index (κ2) is 11.0. The highest BCUT2D eigenvalue weighted by Gasteiger charge is 2.29. The summed E-state index contributed by atoms with van der Waals surface area (Å²) < 4.78 is 43.0. The van der Waals surface area contributed by atoms with Crippen LogP contribution in [0.3, 0.4) is 0 Å². The summed E-state index contributed by atoms with van der Waals surface area (Å²) in [5, 5.41) is 0. The second-order valence-electron chi connectivity index (χ2n) is 7.01. The predicted molar refractivity (Wildman–Crippen MR) is 115 cm³/mol. The Morgan fingerprint density at radius 3 is 2.33 bits per heavy atom. The first-order valence-corrected chi connectivity index (χ1v) is 10.5. The van der Waals surface area contributed by atoms with Crippen molar-refractivity contribution in [3.8, 4) is 0 Å². The van der Waals surface area contributed by atoms with Crippen molar-refractivity contribution in [3.05, 3.63) is 70.3 Å². The minimum absolute atomic E-state index is 0.161. The highest BCUT2D eigenvalue weighted by Crippen LogP contribution is 2.35. The van der Waals surface area contributed by atoms with E-state index < -0.39 is 11.7 Å². The van der Waals surface area contributed by atoms with Crippen LogP contribution in [0.5, 0.6) is 0 Å². The highest BCUT2D eigenvalue weighted by atomic mass is 19.4. The number of rotatable bonds is 5. The van der Waals surface area contributed by atoms with Crippen molar-refractivity contribution in [2.45, 2.75) is 58.5 Å². The summed E-state index contributed by atoms with van der Waals surface area (Å²) in [5.74, 6) is 0.0300. The molecular weight excluding hydrogens is 389 g/mol. The monoisotopic (exact) mass is 418 g/mol. The maximum absolute atomic E-state index is 12.6. The lowest BCUT2D eigenvalue weighted by molar-refractivity contribution is -0.143. The summed E-state index contributed by atoms with van der Waals surface area (Å²) in [6.45, 7) is 6.20. The quantitative estimate of drug-likeness (QED) is 0.377. The van der Waals surface area contributed by atoms with Gasteiger partial charge in [-0.3, -0.25) is 4.79 Å². The van der Waals surface area contributed by atoms with Gasteiger partial charge in [-0.25, -0.2) is 0 Å². The molecule has 1 unspecified atom stereocenters. The first kappa shape index (κ1) is 23.7. The molecule has 0 heterocycles. The van der Waals surface area contributed by atoms with Crippen molar-refractivity contribution < 1.29 is 22.7 Å². The molecule has 1 aliphatic rings. The van der Waals surface area contributed by atoms with Gasteiger partial charge in [0.25, 0.3) is 0 Å². The van der Waals surface area contributed by atoms with Crippen LogP contribution in [-0.4, -0.2) is 12.6 Å². The lowest BCUT2D eigenvalue weighted by atomic mass is 9.80. The van der Waals surface area contributed by atoms with Gasteiger partial charge in [0.15, 0.2) is 0 Å². The molecule has 2 aromatic rings. The number of hydrogen-bond acceptors (Lipinski definition) is 2. The molecule has 0 aromatic heterocycles. The van der Waals surface area contributed by atoms with Gasteiger partial charge in [0.2, 0.25) is 0 Å². The number of alkyl halides is 3. The van der Waals surface area contributed by atoms with Crippen molar-refractivity contribution in [2.24, 2.45) is 0 Å². The summed E-state index contributed by atoms with van der Waals surface area (Å²) in [6.07, 6.45) is 2.77. The average Bonchev–Trinajstić information content (AvgIpc) is 2.73. The normalized spacial score (nSPS) is 15.9. The molecule has 0 spiro atoms. The summed E-state index contributed by atoms with van der Waals surface area (Å²) in [6, 6.07) is 11.3. The molecule has 0 radical (unpaired) electrons. The number of esters is 1. The zero-order chi connectivity index (χ0) is 22.1. The number of fused-ring (bicyclic) bond motifs is 1. The van der Waals surface area contributed by atoms with Gasteiger partial charge in [0.1, 0.15) is 0 Å². The van der Waals surface area contributed by atoms with Crippen molar-refractivity contribution in [2.75, 3.05) is 6.61 Å². The Labute approximate surface area is 176 Å². The van der Waals surface area contributed by atoms with Gasteiger partial charge in [-0.05, 0) is 66.5 Å². The lowest BCUT2D eigenvalue weighted by Gasteiger charge is -2.25. The second-order valence-corrected chi connectivity index (χ2v) is 7.01. The van der Waals surface area contributed by atoms with Crippen LogP contribution >= 0.6 is 0 Å². The molecule has 0 saturated carbocycles. The minimum Gasteiger partial charge on any atom is -0.466 e. The van der Waals surface area contributed by atoms with Crippen molar-refractivity contribution in [1.82, 2.24) is 0 Å². The van der Waals surface area contributed by atoms with E-state index in [1.807, 2.05) is 32.9 Å². The van der Waals surface area contributed by atoms with E-state index in [0.29, 0.717) is 18.6 Å². The Hall–Kier alpha value is -2.56. The van der Waals surface area contributed by atoms with Gasteiger partial charge in [-0.1, -0.05) is 56.3 Å². The number of aryl methyl sites for hydroxylation is 1. The Balaban J connectivity index is 0.00000155. The van der Waals surface area contributed by atoms with Crippen LogP contribution in [-0.2, 0) is 22.1 Å². The number of halogens is 3. The SMILES string of the molecule is CC.CCOC(=O)CC1CCCc2cc(/C=C/c3ccc(C(F)(F)F)cc3)ccc21. The van der Waals surface area contributed by atoms with Gasteiger partial charge in [0, 0.05) is 0 Å². The maximum atomic E-state index is 12.6. The number of ether oxygens (including phenoxy) is 1. The van der Waals surface area contributed by atoms with Crippen LogP contribution in [0.25, 0.3) is 12.2 Å². The minimum atomic E-state index is -4.32. The molecule has 1 aliphatic carbocycles. The highest BCUT2D eigenvalue weighted by molar-refractivity contribution is 5.72. The molecule has 0 N–H and O–H groups in total. The van der Waals surface area contributed by atoms with Gasteiger partial charge in [-0.15, -0.1) is 0 Å². The van der Waals surface area contributed by atoms with E-state index in [-0.39, 0.29) is 11.9 Å². The fourth-order valence-corrected chi connectivity index (χ4v) is 3.65. The molecule has 0 saturated heterocycles. The molecule has 30 heavy (non-hydrogen) atoms. The van der Waals surface area contributed by atoms with Gasteiger partial charge in [0.05, 0.1) is 18.6 Å². The van der Waals surface area contributed by atoms with Crippen LogP contribution in [0.4, 0.5) is 13.2 Å². The van der Waals surface area contributed by atoms with Crippen LogP contribution < -0.4 is 0 Å². The molecule has 0 fully saturated rings. The van der Waals surface area contributed by atoms with Crippen LogP contribution in [0.15, 0.2) is 42.5 Å². The zero-order valence-electron chi connectivity index (χ0n) is 17.8. The van der Waals surface area contributed by atoms with Crippen molar-refractivity contribution in [1.29, 1.82) is 0 Å². The molecule has 0 amide bonds. The third-order valence-corrected chi connectivity index (χ3v) is 5.03. The molecule has 2 aromatic carbocycles. The molecule has 1 atom stereocenters. The number of carbonyl (C=O) groups is 1. The van der Waals surface area contributed by atoms with Crippen LogP contribution in [0, 0.1) is 0 Å². The standard InChI is InChI=1S/C23H23F3O2.C2H6/c1-2-28-22(27)15-19-5-3-4-18-14-17(10-13-21(18)19)7-6-16-8-11-20(12-9-16)23(24,25)26;1-2/h6-14,19H,2-5,15H2,1H3;1-2H3/b7-6+;. The first-order chi connectivity index (χ1) is 14.4. The summed E-state index contributed by atoms with van der Waals surface area (Å²) in [4.78, 5) is 11.8. The van der Waals surface area contributed by atoms with Gasteiger partial charge in [-0.2, -0.15) is 13.2 Å². The van der Waals surface area contributed by atoms with Crippen molar-refractivity contribution in [3.63, 3.8) is 0 Å². The first-order valence-electron chi connectivity index (χ1n) is 10.5. The Kier molecular flexibility index (Phi) is 8.70. The van der Waals surface area contributed by atoms with E-state index >= 15 is 0 Å². The fraction of sp³-hybridized carbons (Fsp3) is 0.400. The Morgan fingerprint density at radius 1 is 1.07 bits per heavy atom. The molecule has 3 rings (SSSR count).